The zero-order valence-corrected chi connectivity index (χ0v) is 16.0. The van der Waals surface area contributed by atoms with Crippen LogP contribution < -0.4 is 0 Å². The molecule has 1 N–H and O–H groups in total. The van der Waals surface area contributed by atoms with Gasteiger partial charge in [-0.25, -0.2) is 0 Å². The maximum atomic E-state index is 12.8. The summed E-state index contributed by atoms with van der Waals surface area (Å²) in [6.45, 7) is 2.01. The molecule has 112 valence electrons. The SMILES string of the molecule is CCc1c(C(=O)c2cc(I)c(O)c(I)c2)oc2ccccc12. The third-order valence-electron chi connectivity index (χ3n) is 3.54. The highest BCUT2D eigenvalue weighted by molar-refractivity contribution is 14.1. The summed E-state index contributed by atoms with van der Waals surface area (Å²) < 4.78 is 7.11. The Balaban J connectivity index is 2.17. The normalized spacial score (nSPS) is 11.0. The van der Waals surface area contributed by atoms with E-state index in [1.54, 1.807) is 12.1 Å². The van der Waals surface area contributed by atoms with Gasteiger partial charge in [-0.2, -0.15) is 0 Å². The molecule has 0 unspecified atom stereocenters. The first kappa shape index (κ1) is 15.8. The number of benzene rings is 2. The number of aryl methyl sites for hydroxylation is 1. The van der Waals surface area contributed by atoms with E-state index in [9.17, 15) is 9.90 Å². The molecule has 0 spiro atoms. The van der Waals surface area contributed by atoms with Crippen LogP contribution >= 0.6 is 45.2 Å². The quantitative estimate of drug-likeness (QED) is 0.386. The summed E-state index contributed by atoms with van der Waals surface area (Å²) in [6, 6.07) is 11.1. The molecule has 0 radical (unpaired) electrons. The Kier molecular flexibility index (Phi) is 4.44. The van der Waals surface area contributed by atoms with Crippen LogP contribution in [-0.2, 0) is 6.42 Å². The van der Waals surface area contributed by atoms with E-state index >= 15 is 0 Å². The van der Waals surface area contributed by atoms with Crippen LogP contribution in [0.25, 0.3) is 11.0 Å². The Morgan fingerprint density at radius 2 is 1.82 bits per heavy atom. The first-order valence-corrected chi connectivity index (χ1v) is 8.91. The van der Waals surface area contributed by atoms with Gasteiger partial charge in [0.15, 0.2) is 5.76 Å². The molecule has 0 aliphatic carbocycles. The second kappa shape index (κ2) is 6.19. The van der Waals surface area contributed by atoms with Crippen molar-refractivity contribution >= 4 is 61.9 Å². The van der Waals surface area contributed by atoms with Crippen molar-refractivity contribution in [1.29, 1.82) is 0 Å². The van der Waals surface area contributed by atoms with Crippen molar-refractivity contribution in [3.8, 4) is 5.75 Å². The first-order chi connectivity index (χ1) is 10.5. The number of carbonyl (C=O) groups excluding carboxylic acids is 1. The van der Waals surface area contributed by atoms with Gasteiger partial charge in [0.1, 0.15) is 11.3 Å². The number of hydrogen-bond acceptors (Lipinski definition) is 3. The first-order valence-electron chi connectivity index (χ1n) is 6.76. The number of furan rings is 1. The Labute approximate surface area is 155 Å². The zero-order valence-electron chi connectivity index (χ0n) is 11.7. The van der Waals surface area contributed by atoms with Crippen molar-refractivity contribution in [3.63, 3.8) is 0 Å². The van der Waals surface area contributed by atoms with Gasteiger partial charge in [0.2, 0.25) is 5.78 Å². The van der Waals surface area contributed by atoms with E-state index in [0.717, 1.165) is 23.0 Å². The highest BCUT2D eigenvalue weighted by Gasteiger charge is 2.22. The van der Waals surface area contributed by atoms with Gasteiger partial charge in [-0.05, 0) is 69.8 Å². The van der Waals surface area contributed by atoms with Gasteiger partial charge in [-0.15, -0.1) is 0 Å². The summed E-state index contributed by atoms with van der Waals surface area (Å²) in [5.74, 6) is 0.447. The lowest BCUT2D eigenvalue weighted by atomic mass is 10.0. The molecule has 0 aliphatic rings. The van der Waals surface area contributed by atoms with Gasteiger partial charge in [0.05, 0.1) is 7.14 Å². The lowest BCUT2D eigenvalue weighted by molar-refractivity contribution is 0.101. The Bertz CT molecular complexity index is 858. The van der Waals surface area contributed by atoms with E-state index in [1.807, 2.05) is 76.4 Å². The fourth-order valence-corrected chi connectivity index (χ4v) is 4.23. The predicted octanol–water partition coefficient (Wildman–Crippen LogP) is 5.14. The summed E-state index contributed by atoms with van der Waals surface area (Å²) in [5.41, 5.74) is 2.19. The number of aromatic hydroxyl groups is 1. The molecule has 22 heavy (non-hydrogen) atoms. The summed E-state index contributed by atoms with van der Waals surface area (Å²) in [5, 5.41) is 10.8. The topological polar surface area (TPSA) is 50.4 Å². The molecule has 0 fully saturated rings. The molecular weight excluding hydrogens is 506 g/mol. The number of carbonyl (C=O) groups is 1. The third kappa shape index (κ3) is 2.64. The summed E-state index contributed by atoms with van der Waals surface area (Å²) in [6.07, 6.45) is 0.727. The van der Waals surface area contributed by atoms with Crippen LogP contribution in [0.2, 0.25) is 0 Å². The third-order valence-corrected chi connectivity index (χ3v) is 5.18. The molecule has 3 rings (SSSR count). The summed E-state index contributed by atoms with van der Waals surface area (Å²) >= 11 is 4.05. The van der Waals surface area contributed by atoms with E-state index < -0.39 is 0 Å². The second-order valence-electron chi connectivity index (χ2n) is 4.88. The average Bonchev–Trinajstić information content (AvgIpc) is 2.89. The molecule has 5 heteroatoms. The number of phenolic OH excluding ortho intramolecular Hbond substituents is 1. The Morgan fingerprint density at radius 1 is 1.18 bits per heavy atom. The maximum absolute atomic E-state index is 12.8. The van der Waals surface area contributed by atoms with Gasteiger partial charge >= 0.3 is 0 Å². The van der Waals surface area contributed by atoms with Crippen molar-refractivity contribution in [2.24, 2.45) is 0 Å². The molecule has 2 aromatic carbocycles. The molecule has 3 nitrogen and oxygen atoms in total. The molecule has 0 bridgehead atoms. The minimum atomic E-state index is -0.149. The molecule has 0 saturated heterocycles. The van der Waals surface area contributed by atoms with Crippen LogP contribution in [0.15, 0.2) is 40.8 Å². The number of para-hydroxylation sites is 1. The minimum absolute atomic E-state index is 0.149. The number of phenols is 1. The van der Waals surface area contributed by atoms with E-state index in [-0.39, 0.29) is 11.5 Å². The van der Waals surface area contributed by atoms with Crippen LogP contribution in [0.4, 0.5) is 0 Å². The molecule has 1 heterocycles. The van der Waals surface area contributed by atoms with Crippen LogP contribution in [0.3, 0.4) is 0 Å². The summed E-state index contributed by atoms with van der Waals surface area (Å²) in [7, 11) is 0. The number of halogens is 2. The molecule has 0 atom stereocenters. The van der Waals surface area contributed by atoms with Crippen LogP contribution in [0.5, 0.6) is 5.75 Å². The van der Waals surface area contributed by atoms with Crippen LogP contribution in [-0.4, -0.2) is 10.9 Å². The Morgan fingerprint density at radius 3 is 2.45 bits per heavy atom. The maximum Gasteiger partial charge on any atom is 0.228 e. The predicted molar refractivity (Wildman–Crippen MR) is 103 cm³/mol. The van der Waals surface area contributed by atoms with Gasteiger partial charge in [-0.3, -0.25) is 4.79 Å². The smallest absolute Gasteiger partial charge is 0.228 e. The van der Waals surface area contributed by atoms with Gasteiger partial charge < -0.3 is 9.52 Å². The van der Waals surface area contributed by atoms with Gasteiger partial charge in [-0.1, -0.05) is 25.1 Å². The van der Waals surface area contributed by atoms with E-state index in [0.29, 0.717) is 18.5 Å². The molecule has 1 aromatic heterocycles. The van der Waals surface area contributed by atoms with Crippen LogP contribution in [0.1, 0.15) is 28.6 Å². The van der Waals surface area contributed by atoms with Gasteiger partial charge in [0.25, 0.3) is 0 Å². The number of hydrogen-bond donors (Lipinski definition) is 1. The standard InChI is InChI=1S/C17H12I2O3/c1-2-10-11-5-3-4-6-14(11)22-17(10)15(20)9-7-12(18)16(21)13(19)8-9/h3-8,21H,2H2,1H3. The number of ketones is 1. The largest absolute Gasteiger partial charge is 0.506 e. The van der Waals surface area contributed by atoms with Gasteiger partial charge in [0, 0.05) is 16.5 Å². The molecular formula is C17H12I2O3. The van der Waals surface area contributed by atoms with Crippen molar-refractivity contribution < 1.29 is 14.3 Å². The van der Waals surface area contributed by atoms with E-state index in [2.05, 4.69) is 0 Å². The lowest BCUT2D eigenvalue weighted by Crippen LogP contribution is -2.04. The summed E-state index contributed by atoms with van der Waals surface area (Å²) in [4.78, 5) is 12.8. The number of rotatable bonds is 3. The highest BCUT2D eigenvalue weighted by atomic mass is 127. The monoisotopic (exact) mass is 518 g/mol. The molecule has 0 aliphatic heterocycles. The van der Waals surface area contributed by atoms with E-state index in [4.69, 9.17) is 4.42 Å². The van der Waals surface area contributed by atoms with Crippen LogP contribution in [0, 0.1) is 7.14 Å². The molecule has 3 aromatic rings. The second-order valence-corrected chi connectivity index (χ2v) is 7.20. The Hall–Kier alpha value is -1.09. The average molecular weight is 518 g/mol. The minimum Gasteiger partial charge on any atom is -0.506 e. The lowest BCUT2D eigenvalue weighted by Gasteiger charge is -2.05. The van der Waals surface area contributed by atoms with Crippen molar-refractivity contribution in [2.45, 2.75) is 13.3 Å². The highest BCUT2D eigenvalue weighted by Crippen LogP contribution is 2.31. The molecule has 0 amide bonds. The zero-order chi connectivity index (χ0) is 15.9. The number of fused-ring (bicyclic) bond motifs is 1. The molecule has 0 saturated carbocycles. The van der Waals surface area contributed by atoms with E-state index in [1.165, 1.54) is 0 Å². The van der Waals surface area contributed by atoms with Crippen molar-refractivity contribution in [1.82, 2.24) is 0 Å². The van der Waals surface area contributed by atoms with Crippen molar-refractivity contribution in [2.75, 3.05) is 0 Å². The fourth-order valence-electron chi connectivity index (χ4n) is 2.46. The van der Waals surface area contributed by atoms with Crippen molar-refractivity contribution in [3.05, 3.63) is 60.4 Å². The fraction of sp³-hybridized carbons (Fsp3) is 0.118.